The molecule has 11 heteroatoms. The van der Waals surface area contributed by atoms with E-state index in [0.29, 0.717) is 16.9 Å². The van der Waals surface area contributed by atoms with Crippen LogP contribution in [0.2, 0.25) is 0 Å². The van der Waals surface area contributed by atoms with Gasteiger partial charge in [-0.1, -0.05) is 0 Å². The summed E-state index contributed by atoms with van der Waals surface area (Å²) < 4.78 is 2.54. The van der Waals surface area contributed by atoms with Gasteiger partial charge in [0.1, 0.15) is 22.5 Å². The number of nitro groups is 1. The zero-order chi connectivity index (χ0) is 20.0. The molecule has 0 saturated carbocycles. The number of aromatic nitrogens is 4. The largest absolute Gasteiger partial charge is 0.309 e. The maximum Gasteiger partial charge on any atom is 0.309 e. The third kappa shape index (κ3) is 3.07. The number of aryl methyl sites for hydroxylation is 5. The van der Waals surface area contributed by atoms with Crippen LogP contribution in [0.4, 0.5) is 5.69 Å². The number of fused-ring (bicyclic) bond motifs is 3. The van der Waals surface area contributed by atoms with Crippen molar-refractivity contribution in [1.29, 1.82) is 0 Å². The number of nitrogens with one attached hydrogen (secondary N) is 1. The van der Waals surface area contributed by atoms with Crippen molar-refractivity contribution in [2.45, 2.75) is 46.1 Å². The molecule has 3 aromatic heterocycles. The predicted octanol–water partition coefficient (Wildman–Crippen LogP) is 1.83. The van der Waals surface area contributed by atoms with Gasteiger partial charge in [-0.15, -0.1) is 11.3 Å². The number of carbonyl (C=O) groups is 1. The lowest BCUT2D eigenvalue weighted by molar-refractivity contribution is -0.385. The number of hydrogen-bond acceptors (Lipinski definition) is 7. The van der Waals surface area contributed by atoms with Crippen molar-refractivity contribution >= 4 is 33.1 Å². The minimum Gasteiger partial charge on any atom is -0.273 e. The van der Waals surface area contributed by atoms with Gasteiger partial charge in [0.2, 0.25) is 5.91 Å². The summed E-state index contributed by atoms with van der Waals surface area (Å²) in [4.78, 5) is 42.1. The molecule has 146 valence electrons. The van der Waals surface area contributed by atoms with E-state index >= 15 is 0 Å². The Morgan fingerprint density at radius 2 is 2.18 bits per heavy atom. The SMILES string of the molecule is Cc1nn(CCC(=O)Nn2c(C)nc3sc4c(c3c2=O)CCC4)cc1[N+](=O)[O-]. The van der Waals surface area contributed by atoms with E-state index in [1.54, 1.807) is 18.3 Å². The van der Waals surface area contributed by atoms with Crippen LogP contribution in [-0.2, 0) is 24.2 Å². The molecular formula is C17H18N6O4S. The van der Waals surface area contributed by atoms with Gasteiger partial charge in [0.25, 0.3) is 5.56 Å². The van der Waals surface area contributed by atoms with Crippen LogP contribution in [-0.4, -0.2) is 30.3 Å². The minimum absolute atomic E-state index is 0.0178. The van der Waals surface area contributed by atoms with E-state index < -0.39 is 10.8 Å². The van der Waals surface area contributed by atoms with Gasteiger partial charge in [-0.3, -0.25) is 29.8 Å². The maximum atomic E-state index is 12.9. The normalized spacial score (nSPS) is 13.1. The highest BCUT2D eigenvalue weighted by atomic mass is 32.1. The smallest absolute Gasteiger partial charge is 0.273 e. The van der Waals surface area contributed by atoms with Crippen molar-refractivity contribution in [1.82, 2.24) is 19.4 Å². The molecule has 0 aromatic carbocycles. The highest BCUT2D eigenvalue weighted by molar-refractivity contribution is 7.18. The fourth-order valence-electron chi connectivity index (χ4n) is 3.47. The number of hydrogen-bond donors (Lipinski definition) is 1. The van der Waals surface area contributed by atoms with Gasteiger partial charge >= 0.3 is 5.69 Å². The van der Waals surface area contributed by atoms with Crippen LogP contribution >= 0.6 is 11.3 Å². The Balaban J connectivity index is 1.53. The zero-order valence-corrected chi connectivity index (χ0v) is 16.2. The topological polar surface area (TPSA) is 125 Å². The third-order valence-electron chi connectivity index (χ3n) is 4.83. The minimum atomic E-state index is -0.512. The average Bonchev–Trinajstić information content (AvgIpc) is 3.30. The second kappa shape index (κ2) is 6.82. The summed E-state index contributed by atoms with van der Waals surface area (Å²) in [5, 5.41) is 15.5. The van der Waals surface area contributed by atoms with Gasteiger partial charge in [0.15, 0.2) is 0 Å². The Morgan fingerprint density at radius 1 is 1.39 bits per heavy atom. The zero-order valence-electron chi connectivity index (χ0n) is 15.4. The quantitative estimate of drug-likeness (QED) is 0.513. The molecule has 3 aromatic rings. The van der Waals surface area contributed by atoms with Gasteiger partial charge in [-0.05, 0) is 38.7 Å². The molecule has 1 amide bonds. The van der Waals surface area contributed by atoms with Gasteiger partial charge < -0.3 is 0 Å². The van der Waals surface area contributed by atoms with Crippen LogP contribution in [0.3, 0.4) is 0 Å². The molecule has 0 spiro atoms. The molecule has 1 aliphatic rings. The van der Waals surface area contributed by atoms with Crippen LogP contribution in [0.1, 0.15) is 34.8 Å². The molecule has 0 radical (unpaired) electrons. The molecule has 0 atom stereocenters. The van der Waals surface area contributed by atoms with E-state index in [0.717, 1.165) is 29.7 Å². The van der Waals surface area contributed by atoms with Crippen LogP contribution in [0, 0.1) is 24.0 Å². The number of rotatable bonds is 5. The van der Waals surface area contributed by atoms with E-state index in [1.807, 2.05) is 0 Å². The first kappa shape index (κ1) is 18.3. The fourth-order valence-corrected chi connectivity index (χ4v) is 4.77. The van der Waals surface area contributed by atoms with Gasteiger partial charge in [0, 0.05) is 11.3 Å². The van der Waals surface area contributed by atoms with E-state index in [9.17, 15) is 19.7 Å². The van der Waals surface area contributed by atoms with Gasteiger partial charge in [0.05, 0.1) is 16.9 Å². The lowest BCUT2D eigenvalue weighted by Crippen LogP contribution is -2.35. The van der Waals surface area contributed by atoms with E-state index in [-0.39, 0.29) is 24.2 Å². The summed E-state index contributed by atoms with van der Waals surface area (Å²) in [6.07, 6.45) is 4.18. The Bertz CT molecular complexity index is 1170. The highest BCUT2D eigenvalue weighted by Crippen LogP contribution is 2.34. The van der Waals surface area contributed by atoms with E-state index in [1.165, 1.54) is 27.4 Å². The molecule has 0 fully saturated rings. The summed E-state index contributed by atoms with van der Waals surface area (Å²) in [6.45, 7) is 3.38. The second-order valence-corrected chi connectivity index (χ2v) is 7.83. The van der Waals surface area contributed by atoms with Crippen LogP contribution in [0.25, 0.3) is 10.2 Å². The molecule has 1 N–H and O–H groups in total. The summed E-state index contributed by atoms with van der Waals surface area (Å²) in [5.41, 5.74) is 3.59. The summed E-state index contributed by atoms with van der Waals surface area (Å²) >= 11 is 1.55. The average molecular weight is 402 g/mol. The summed E-state index contributed by atoms with van der Waals surface area (Å²) in [5.74, 6) is 0.0189. The molecule has 0 bridgehead atoms. The Labute approximate surface area is 162 Å². The van der Waals surface area contributed by atoms with E-state index in [2.05, 4.69) is 15.5 Å². The molecule has 0 aliphatic heterocycles. The molecule has 4 rings (SSSR count). The van der Waals surface area contributed by atoms with Crippen molar-refractivity contribution in [3.05, 3.63) is 48.6 Å². The van der Waals surface area contributed by atoms with Crippen LogP contribution < -0.4 is 11.0 Å². The van der Waals surface area contributed by atoms with Crippen molar-refractivity contribution in [2.24, 2.45) is 0 Å². The first-order chi connectivity index (χ1) is 13.3. The number of thiophene rings is 1. The van der Waals surface area contributed by atoms with Gasteiger partial charge in [-0.2, -0.15) is 5.10 Å². The maximum absolute atomic E-state index is 12.9. The molecule has 3 heterocycles. The summed E-state index contributed by atoms with van der Waals surface area (Å²) in [6, 6.07) is 0. The van der Waals surface area contributed by atoms with Crippen molar-refractivity contribution in [3.63, 3.8) is 0 Å². The fraction of sp³-hybridized carbons (Fsp3) is 0.412. The monoisotopic (exact) mass is 402 g/mol. The van der Waals surface area contributed by atoms with Crippen molar-refractivity contribution in [3.8, 4) is 0 Å². The lowest BCUT2D eigenvalue weighted by Gasteiger charge is -2.11. The standard InChI is InChI=1S/C17H18N6O4S/c1-9-12(23(26)27)8-21(19-9)7-6-14(24)20-22-10(2)18-16-15(17(22)25)11-4-3-5-13(11)28-16/h8H,3-7H2,1-2H3,(H,20,24). The first-order valence-corrected chi connectivity index (χ1v) is 9.69. The summed E-state index contributed by atoms with van der Waals surface area (Å²) in [7, 11) is 0. The van der Waals surface area contributed by atoms with Crippen molar-refractivity contribution in [2.75, 3.05) is 5.43 Å². The molecular weight excluding hydrogens is 384 g/mol. The first-order valence-electron chi connectivity index (χ1n) is 8.87. The molecule has 1 aliphatic carbocycles. The second-order valence-electron chi connectivity index (χ2n) is 6.74. The molecule has 28 heavy (non-hydrogen) atoms. The van der Waals surface area contributed by atoms with Crippen LogP contribution in [0.5, 0.6) is 0 Å². The third-order valence-corrected chi connectivity index (χ3v) is 6.01. The Hall–Kier alpha value is -3.08. The van der Waals surface area contributed by atoms with Crippen LogP contribution in [0.15, 0.2) is 11.0 Å². The van der Waals surface area contributed by atoms with E-state index in [4.69, 9.17) is 0 Å². The lowest BCUT2D eigenvalue weighted by atomic mass is 10.2. The van der Waals surface area contributed by atoms with Crippen molar-refractivity contribution < 1.29 is 9.72 Å². The Morgan fingerprint density at radius 3 is 2.89 bits per heavy atom. The number of carbonyl (C=O) groups excluding carboxylic acids is 1. The van der Waals surface area contributed by atoms with Gasteiger partial charge in [-0.25, -0.2) is 9.66 Å². The number of amides is 1. The molecule has 0 saturated heterocycles. The highest BCUT2D eigenvalue weighted by Gasteiger charge is 2.23. The Kier molecular flexibility index (Phi) is 4.46. The molecule has 0 unspecified atom stereocenters. The molecule has 10 nitrogen and oxygen atoms in total. The predicted molar refractivity (Wildman–Crippen MR) is 103 cm³/mol. The number of nitrogens with zero attached hydrogens (tertiary/aromatic N) is 5.